The predicted octanol–water partition coefficient (Wildman–Crippen LogP) is 20.3. The van der Waals surface area contributed by atoms with Gasteiger partial charge in [0, 0.05) is 33.2 Å². The fourth-order valence-corrected chi connectivity index (χ4v) is 15.4. The third kappa shape index (κ3) is 6.07. The first-order valence-corrected chi connectivity index (χ1v) is 28.3. The summed E-state index contributed by atoms with van der Waals surface area (Å²) in [5.74, 6) is -0.0758. The Morgan fingerprint density at radius 3 is 1.51 bits per heavy atom. The molecule has 0 bridgehead atoms. The summed E-state index contributed by atoms with van der Waals surface area (Å²) in [6.07, 6.45) is 0. The van der Waals surface area contributed by atoms with Crippen LogP contribution in [0.1, 0.15) is 69.8 Å². The van der Waals surface area contributed by atoms with Crippen LogP contribution in [-0.2, 0) is 10.8 Å². The molecule has 1 atom stereocenters. The Morgan fingerprint density at radius 1 is 0.312 bits per heavy atom. The first-order chi connectivity index (χ1) is 39.5. The zero-order valence-corrected chi connectivity index (χ0v) is 44.6. The molecule has 0 aliphatic heterocycles. The molecule has 374 valence electrons. The maximum atomic E-state index is 2.58. The van der Waals surface area contributed by atoms with Crippen LogP contribution < -0.4 is 0 Å². The summed E-state index contributed by atoms with van der Waals surface area (Å²) in [7, 11) is 0. The predicted molar refractivity (Wildman–Crippen MR) is 334 cm³/mol. The van der Waals surface area contributed by atoms with Gasteiger partial charge in [0.1, 0.15) is 0 Å². The standard InChI is InChI=1S/C79H53N/c1-78(2)67-34-16-12-26-58(67)61-45-41-51(47-72(61)78)74(62-29-9-6-23-54(62)49-21-4-3-5-22-49)52-42-46-66-73(48-52)80(77-64-31-11-8-25-57(64)56-24-7-10-30-63(56)76(66)77)53-43-39-50(40-44-53)55-33-20-38-71-75(55)65-32-15-19-37-70(65)79(71)68-35-17-13-27-59(68)60-28-14-18-36-69(60)79/h3-48,74H,1-2H3. The average molecular weight is 1020 g/mol. The summed E-state index contributed by atoms with van der Waals surface area (Å²) < 4.78 is 2.58. The summed E-state index contributed by atoms with van der Waals surface area (Å²) in [5, 5.41) is 7.57. The van der Waals surface area contributed by atoms with Gasteiger partial charge in [0.05, 0.1) is 16.4 Å². The summed E-state index contributed by atoms with van der Waals surface area (Å²) in [6, 6.07) is 106. The molecule has 1 unspecified atom stereocenters. The topological polar surface area (TPSA) is 4.93 Å². The molecule has 0 saturated heterocycles. The fraction of sp³-hybridized carbons (Fsp3) is 0.0633. The number of rotatable bonds is 6. The van der Waals surface area contributed by atoms with Crippen LogP contribution in [0.25, 0.3) is 105 Å². The number of hydrogen-bond donors (Lipinski definition) is 0. The molecule has 13 aromatic carbocycles. The van der Waals surface area contributed by atoms with E-state index in [1.165, 1.54) is 149 Å². The summed E-state index contributed by atoms with van der Waals surface area (Å²) in [4.78, 5) is 0. The molecular formula is C79H53N. The van der Waals surface area contributed by atoms with Gasteiger partial charge in [0.25, 0.3) is 0 Å². The highest BCUT2D eigenvalue weighted by atomic mass is 15.0. The monoisotopic (exact) mass is 1020 g/mol. The Hall–Kier alpha value is -9.82. The third-order valence-corrected chi connectivity index (χ3v) is 18.7. The van der Waals surface area contributed by atoms with E-state index in [4.69, 9.17) is 0 Å². The lowest BCUT2D eigenvalue weighted by atomic mass is 9.70. The SMILES string of the molecule is CC1(C)c2ccccc2-c2ccc(C(c3ccc4c5c6ccccc6c6ccccc6c5n(-c5ccc(-c6cccc7c6-c6ccccc6C76c7ccccc7-c7ccccc76)cc5)c4c3)c3ccccc3-c3ccccc3)cc21. The van der Waals surface area contributed by atoms with Crippen molar-refractivity contribution in [2.45, 2.75) is 30.6 Å². The van der Waals surface area contributed by atoms with E-state index in [9.17, 15) is 0 Å². The van der Waals surface area contributed by atoms with E-state index in [0.29, 0.717) is 0 Å². The van der Waals surface area contributed by atoms with E-state index in [1.54, 1.807) is 0 Å². The van der Waals surface area contributed by atoms with Gasteiger partial charge in [-0.3, -0.25) is 0 Å². The molecule has 0 fully saturated rings. The Kier molecular flexibility index (Phi) is 9.52. The number of hydrogen-bond acceptors (Lipinski definition) is 0. The maximum Gasteiger partial charge on any atom is 0.0725 e. The van der Waals surface area contributed by atoms with Gasteiger partial charge in [-0.1, -0.05) is 275 Å². The van der Waals surface area contributed by atoms with Crippen molar-refractivity contribution >= 4 is 43.4 Å². The Balaban J connectivity index is 0.901. The Morgan fingerprint density at radius 2 is 0.800 bits per heavy atom. The van der Waals surface area contributed by atoms with Gasteiger partial charge in [0.15, 0.2) is 0 Å². The molecule has 3 aliphatic rings. The largest absolute Gasteiger partial charge is 0.309 e. The van der Waals surface area contributed by atoms with Gasteiger partial charge in [-0.05, 0) is 140 Å². The van der Waals surface area contributed by atoms with Crippen LogP contribution in [0, 0.1) is 0 Å². The summed E-state index contributed by atoms with van der Waals surface area (Å²) in [5.41, 5.74) is 27.9. The van der Waals surface area contributed by atoms with Crippen LogP contribution in [-0.4, -0.2) is 4.57 Å². The first-order valence-electron chi connectivity index (χ1n) is 28.3. The molecular weight excluding hydrogens is 963 g/mol. The fourth-order valence-electron chi connectivity index (χ4n) is 15.4. The van der Waals surface area contributed by atoms with Gasteiger partial charge in [0.2, 0.25) is 0 Å². The highest BCUT2D eigenvalue weighted by Crippen LogP contribution is 2.64. The van der Waals surface area contributed by atoms with Crippen LogP contribution in [0.5, 0.6) is 0 Å². The normalized spacial score (nSPS) is 14.3. The van der Waals surface area contributed by atoms with Crippen molar-refractivity contribution in [3.05, 3.63) is 329 Å². The summed E-state index contributed by atoms with van der Waals surface area (Å²) >= 11 is 0. The minimum Gasteiger partial charge on any atom is -0.309 e. The molecule has 0 amide bonds. The first kappa shape index (κ1) is 45.2. The van der Waals surface area contributed by atoms with Crippen molar-refractivity contribution in [1.29, 1.82) is 0 Å². The summed E-state index contributed by atoms with van der Waals surface area (Å²) in [6.45, 7) is 4.79. The molecule has 0 saturated carbocycles. The molecule has 3 aliphatic carbocycles. The van der Waals surface area contributed by atoms with Crippen molar-refractivity contribution < 1.29 is 0 Å². The van der Waals surface area contributed by atoms with E-state index in [2.05, 4.69) is 297 Å². The molecule has 0 N–H and O–H groups in total. The minimum absolute atomic E-state index is 0.0758. The average Bonchev–Trinajstić information content (AvgIpc) is 4.17. The van der Waals surface area contributed by atoms with Gasteiger partial charge in [-0.25, -0.2) is 0 Å². The van der Waals surface area contributed by atoms with E-state index in [-0.39, 0.29) is 11.3 Å². The molecule has 17 rings (SSSR count). The molecule has 80 heavy (non-hydrogen) atoms. The second-order valence-corrected chi connectivity index (χ2v) is 23.0. The molecule has 1 heteroatoms. The zero-order chi connectivity index (χ0) is 52.8. The van der Waals surface area contributed by atoms with Crippen molar-refractivity contribution in [3.63, 3.8) is 0 Å². The van der Waals surface area contributed by atoms with Crippen LogP contribution >= 0.6 is 0 Å². The van der Waals surface area contributed by atoms with Crippen molar-refractivity contribution in [2.75, 3.05) is 0 Å². The van der Waals surface area contributed by atoms with Gasteiger partial charge >= 0.3 is 0 Å². The number of nitrogens with zero attached hydrogens (tertiary/aromatic N) is 1. The quantitative estimate of drug-likeness (QED) is 0.116. The van der Waals surface area contributed by atoms with Crippen LogP contribution in [0.2, 0.25) is 0 Å². The molecule has 14 aromatic rings. The lowest BCUT2D eigenvalue weighted by Crippen LogP contribution is -2.25. The molecule has 1 nitrogen and oxygen atoms in total. The van der Waals surface area contributed by atoms with Gasteiger partial charge < -0.3 is 4.57 Å². The molecule has 1 heterocycles. The minimum atomic E-state index is -0.403. The Bertz CT molecular complexity index is 4870. The number of fused-ring (bicyclic) bond motifs is 21. The van der Waals surface area contributed by atoms with E-state index in [0.717, 1.165) is 5.69 Å². The van der Waals surface area contributed by atoms with E-state index >= 15 is 0 Å². The van der Waals surface area contributed by atoms with Crippen LogP contribution in [0.15, 0.2) is 279 Å². The lowest BCUT2D eigenvalue weighted by Gasteiger charge is -2.30. The number of benzene rings is 13. The lowest BCUT2D eigenvalue weighted by molar-refractivity contribution is 0.659. The molecule has 1 spiro atoms. The number of aromatic nitrogens is 1. The van der Waals surface area contributed by atoms with Crippen LogP contribution in [0.3, 0.4) is 0 Å². The zero-order valence-electron chi connectivity index (χ0n) is 44.6. The van der Waals surface area contributed by atoms with Gasteiger partial charge in [-0.2, -0.15) is 0 Å². The third-order valence-electron chi connectivity index (χ3n) is 18.7. The molecule has 0 radical (unpaired) electrons. The second kappa shape index (κ2) is 16.8. The van der Waals surface area contributed by atoms with Crippen molar-refractivity contribution in [3.8, 4) is 61.3 Å². The maximum absolute atomic E-state index is 2.58. The van der Waals surface area contributed by atoms with Gasteiger partial charge in [-0.15, -0.1) is 0 Å². The smallest absolute Gasteiger partial charge is 0.0725 e. The highest BCUT2D eigenvalue weighted by molar-refractivity contribution is 6.32. The highest BCUT2D eigenvalue weighted by Gasteiger charge is 2.52. The molecule has 1 aromatic heterocycles. The Labute approximate surface area is 466 Å². The van der Waals surface area contributed by atoms with Crippen molar-refractivity contribution in [2.24, 2.45) is 0 Å². The second-order valence-electron chi connectivity index (χ2n) is 23.0. The van der Waals surface area contributed by atoms with E-state index in [1.807, 2.05) is 0 Å². The van der Waals surface area contributed by atoms with E-state index < -0.39 is 5.41 Å². The van der Waals surface area contributed by atoms with Crippen LogP contribution in [0.4, 0.5) is 0 Å². The van der Waals surface area contributed by atoms with Crippen molar-refractivity contribution in [1.82, 2.24) is 4.57 Å².